The zero-order valence-corrected chi connectivity index (χ0v) is 10.1. The van der Waals surface area contributed by atoms with E-state index in [0.29, 0.717) is 10.4 Å². The minimum Gasteiger partial charge on any atom is -0.315 e. The van der Waals surface area contributed by atoms with Gasteiger partial charge in [-0.25, -0.2) is 0 Å². The molecule has 3 heteroatoms. The standard InChI is InChI=1S/C15H8ClNO/c16-9-7-11-10-3-1-2-4-13(10)17-6-5-14(18)12(8-9)15(11)17/h1-8H. The number of benzene rings is 2. The SMILES string of the molecule is O=c1ccn2c3ccccc3c3cc(Cl)cc1c32. The molecule has 0 atom stereocenters. The van der Waals surface area contributed by atoms with Crippen molar-refractivity contribution in [3.63, 3.8) is 0 Å². The molecule has 0 aliphatic rings. The average Bonchev–Trinajstić information content (AvgIpc) is 2.69. The van der Waals surface area contributed by atoms with Gasteiger partial charge in [0.2, 0.25) is 0 Å². The molecule has 86 valence electrons. The Labute approximate surface area is 107 Å². The first-order valence-corrected chi connectivity index (χ1v) is 6.08. The molecule has 0 N–H and O–H groups in total. The van der Waals surface area contributed by atoms with Gasteiger partial charge in [0.15, 0.2) is 5.43 Å². The van der Waals surface area contributed by atoms with E-state index in [1.165, 1.54) is 0 Å². The van der Waals surface area contributed by atoms with Crippen LogP contribution in [0.3, 0.4) is 0 Å². The first-order valence-electron chi connectivity index (χ1n) is 5.70. The third-order valence-electron chi connectivity index (χ3n) is 3.41. The highest BCUT2D eigenvalue weighted by Crippen LogP contribution is 2.32. The largest absolute Gasteiger partial charge is 0.315 e. The third-order valence-corrected chi connectivity index (χ3v) is 3.63. The van der Waals surface area contributed by atoms with Crippen LogP contribution in [0.5, 0.6) is 0 Å². The summed E-state index contributed by atoms with van der Waals surface area (Å²) >= 11 is 6.12. The van der Waals surface area contributed by atoms with Gasteiger partial charge in [-0.15, -0.1) is 0 Å². The lowest BCUT2D eigenvalue weighted by Gasteiger charge is -2.00. The smallest absolute Gasteiger partial charge is 0.189 e. The minimum atomic E-state index is 0.0119. The van der Waals surface area contributed by atoms with Gasteiger partial charge in [0.05, 0.1) is 11.0 Å². The number of rotatable bonds is 0. The maximum absolute atomic E-state index is 11.9. The van der Waals surface area contributed by atoms with Crippen LogP contribution >= 0.6 is 11.6 Å². The highest BCUT2D eigenvalue weighted by atomic mass is 35.5. The number of nitrogens with zero attached hydrogens (tertiary/aromatic N) is 1. The van der Waals surface area contributed by atoms with Crippen molar-refractivity contribution < 1.29 is 0 Å². The van der Waals surface area contributed by atoms with Gasteiger partial charge < -0.3 is 4.40 Å². The maximum Gasteiger partial charge on any atom is 0.189 e. The Morgan fingerprint density at radius 2 is 1.72 bits per heavy atom. The van der Waals surface area contributed by atoms with Crippen LogP contribution in [0.1, 0.15) is 0 Å². The summed E-state index contributed by atoms with van der Waals surface area (Å²) in [6.07, 6.45) is 1.83. The highest BCUT2D eigenvalue weighted by molar-refractivity contribution is 6.33. The Morgan fingerprint density at radius 1 is 0.944 bits per heavy atom. The number of aromatic nitrogens is 1. The molecule has 0 radical (unpaired) electrons. The van der Waals surface area contributed by atoms with Crippen molar-refractivity contribution in [1.29, 1.82) is 0 Å². The monoisotopic (exact) mass is 253 g/mol. The number of hydrogen-bond acceptors (Lipinski definition) is 1. The molecule has 4 aromatic rings. The Morgan fingerprint density at radius 3 is 2.61 bits per heavy atom. The van der Waals surface area contributed by atoms with E-state index in [4.69, 9.17) is 11.6 Å². The van der Waals surface area contributed by atoms with Crippen molar-refractivity contribution >= 4 is 38.8 Å². The fourth-order valence-electron chi connectivity index (χ4n) is 2.67. The quantitative estimate of drug-likeness (QED) is 0.468. The second-order valence-corrected chi connectivity index (χ2v) is 4.85. The van der Waals surface area contributed by atoms with Crippen molar-refractivity contribution in [2.45, 2.75) is 0 Å². The van der Waals surface area contributed by atoms with Crippen molar-refractivity contribution in [3.05, 3.63) is 63.9 Å². The van der Waals surface area contributed by atoms with Crippen LogP contribution < -0.4 is 5.43 Å². The fraction of sp³-hybridized carbons (Fsp3) is 0. The molecule has 4 rings (SSSR count). The molecule has 2 heterocycles. The normalized spacial score (nSPS) is 11.8. The molecule has 0 amide bonds. The van der Waals surface area contributed by atoms with Gasteiger partial charge in [0.25, 0.3) is 0 Å². The van der Waals surface area contributed by atoms with Crippen LogP contribution in [0.25, 0.3) is 27.2 Å². The van der Waals surface area contributed by atoms with Gasteiger partial charge >= 0.3 is 0 Å². The first-order chi connectivity index (χ1) is 8.75. The Kier molecular flexibility index (Phi) is 1.78. The zero-order valence-electron chi connectivity index (χ0n) is 9.35. The van der Waals surface area contributed by atoms with Crippen LogP contribution in [0, 0.1) is 0 Å². The van der Waals surface area contributed by atoms with Crippen LogP contribution in [0.15, 0.2) is 53.5 Å². The summed E-state index contributed by atoms with van der Waals surface area (Å²) in [5.41, 5.74) is 2.06. The number of para-hydroxylation sites is 1. The van der Waals surface area contributed by atoms with Crippen molar-refractivity contribution in [1.82, 2.24) is 4.40 Å². The van der Waals surface area contributed by atoms with E-state index in [0.717, 1.165) is 21.8 Å². The van der Waals surface area contributed by atoms with E-state index in [-0.39, 0.29) is 5.43 Å². The van der Waals surface area contributed by atoms with Crippen LogP contribution in [0.2, 0.25) is 5.02 Å². The van der Waals surface area contributed by atoms with Gasteiger partial charge in [0, 0.05) is 33.4 Å². The molecule has 0 saturated heterocycles. The number of halogens is 1. The predicted octanol–water partition coefficient (Wildman–Crippen LogP) is 3.70. The van der Waals surface area contributed by atoms with E-state index >= 15 is 0 Å². The maximum atomic E-state index is 11.9. The summed E-state index contributed by atoms with van der Waals surface area (Å²) in [6, 6.07) is 13.3. The van der Waals surface area contributed by atoms with E-state index in [9.17, 15) is 4.79 Å². The minimum absolute atomic E-state index is 0.0119. The summed E-state index contributed by atoms with van der Waals surface area (Å²) in [5.74, 6) is 0. The summed E-state index contributed by atoms with van der Waals surface area (Å²) in [6.45, 7) is 0. The third kappa shape index (κ3) is 1.11. The molecule has 0 aliphatic carbocycles. The molecule has 2 aromatic carbocycles. The van der Waals surface area contributed by atoms with Crippen molar-refractivity contribution in [2.24, 2.45) is 0 Å². The van der Waals surface area contributed by atoms with E-state index < -0.39 is 0 Å². The summed E-state index contributed by atoms with van der Waals surface area (Å²) in [4.78, 5) is 11.9. The van der Waals surface area contributed by atoms with Crippen LogP contribution in [0.4, 0.5) is 0 Å². The predicted molar refractivity (Wildman–Crippen MR) is 74.9 cm³/mol. The summed E-state index contributed by atoms with van der Waals surface area (Å²) in [7, 11) is 0. The molecule has 0 bridgehead atoms. The zero-order chi connectivity index (χ0) is 12.3. The molecule has 2 aromatic heterocycles. The van der Waals surface area contributed by atoms with Gasteiger partial charge in [-0.3, -0.25) is 4.79 Å². The molecule has 0 unspecified atom stereocenters. The molecule has 0 spiro atoms. The van der Waals surface area contributed by atoms with E-state index in [1.807, 2.05) is 30.5 Å². The number of hydrogen-bond donors (Lipinski definition) is 0. The molecule has 18 heavy (non-hydrogen) atoms. The molecular formula is C15H8ClNO. The van der Waals surface area contributed by atoms with Gasteiger partial charge in [-0.1, -0.05) is 29.8 Å². The lowest BCUT2D eigenvalue weighted by molar-refractivity contribution is 1.26. The topological polar surface area (TPSA) is 21.5 Å². The molecule has 0 fully saturated rings. The van der Waals surface area contributed by atoms with Crippen molar-refractivity contribution in [2.75, 3.05) is 0 Å². The number of fused-ring (bicyclic) bond motifs is 3. The van der Waals surface area contributed by atoms with Gasteiger partial charge in [0.1, 0.15) is 0 Å². The lowest BCUT2D eigenvalue weighted by Crippen LogP contribution is -2.01. The molecule has 2 nitrogen and oxygen atoms in total. The van der Waals surface area contributed by atoms with Gasteiger partial charge in [-0.05, 0) is 18.2 Å². The van der Waals surface area contributed by atoms with E-state index in [2.05, 4.69) is 10.5 Å². The van der Waals surface area contributed by atoms with Gasteiger partial charge in [-0.2, -0.15) is 0 Å². The number of pyridine rings is 1. The summed E-state index contributed by atoms with van der Waals surface area (Å²) in [5, 5.41) is 3.43. The fourth-order valence-corrected chi connectivity index (χ4v) is 2.89. The lowest BCUT2D eigenvalue weighted by atomic mass is 10.1. The summed E-state index contributed by atoms with van der Waals surface area (Å²) < 4.78 is 2.05. The second kappa shape index (κ2) is 3.24. The van der Waals surface area contributed by atoms with Crippen LogP contribution in [-0.2, 0) is 0 Å². The van der Waals surface area contributed by atoms with E-state index in [1.54, 1.807) is 12.1 Å². The Balaban J connectivity index is 2.51. The van der Waals surface area contributed by atoms with Crippen molar-refractivity contribution in [3.8, 4) is 0 Å². The first kappa shape index (κ1) is 9.92. The Bertz CT molecular complexity index is 955. The molecule has 0 saturated carbocycles. The Hall–Kier alpha value is -2.06. The second-order valence-electron chi connectivity index (χ2n) is 4.42. The van der Waals surface area contributed by atoms with Crippen LogP contribution in [-0.4, -0.2) is 4.40 Å². The highest BCUT2D eigenvalue weighted by Gasteiger charge is 2.12. The molecule has 0 aliphatic heterocycles. The average molecular weight is 254 g/mol. The molecular weight excluding hydrogens is 246 g/mol.